The molecule has 3 rings (SSSR count). The van der Waals surface area contributed by atoms with E-state index in [0.717, 1.165) is 54.8 Å². The Kier molecular flexibility index (Phi) is 5.22. The summed E-state index contributed by atoms with van der Waals surface area (Å²) in [5.41, 5.74) is 9.61. The Balaban J connectivity index is 2.27. The lowest BCUT2D eigenvalue weighted by molar-refractivity contribution is 0.793. The largest absolute Gasteiger partial charge is 0.346 e. The molecule has 3 aromatic heterocycles. The highest BCUT2D eigenvalue weighted by Crippen LogP contribution is 2.31. The first-order chi connectivity index (χ1) is 12.1. The molecule has 0 unspecified atom stereocenters. The maximum absolute atomic E-state index is 5.14. The number of nitrogens with zero attached hydrogens (tertiary/aromatic N) is 3. The van der Waals surface area contributed by atoms with Gasteiger partial charge in [0, 0.05) is 29.7 Å². The smallest absolute Gasteiger partial charge is 0.0917 e. The van der Waals surface area contributed by atoms with E-state index in [1.54, 1.807) is 0 Å². The van der Waals surface area contributed by atoms with Crippen LogP contribution >= 0.6 is 0 Å². The highest BCUT2D eigenvalue weighted by atomic mass is 15.0. The van der Waals surface area contributed by atoms with Crippen molar-refractivity contribution in [2.24, 2.45) is 0 Å². The predicted octanol–water partition coefficient (Wildman–Crippen LogP) is 5.50. The second kappa shape index (κ2) is 7.38. The molecule has 0 aliphatic rings. The normalized spacial score (nSPS) is 11.4. The van der Waals surface area contributed by atoms with Crippen LogP contribution < -0.4 is 0 Å². The monoisotopic (exact) mass is 335 g/mol. The van der Waals surface area contributed by atoms with Gasteiger partial charge < -0.3 is 4.57 Å². The molecule has 0 saturated carbocycles. The number of aryl methyl sites for hydroxylation is 5. The van der Waals surface area contributed by atoms with Crippen LogP contribution in [0, 0.1) is 6.92 Å². The van der Waals surface area contributed by atoms with Crippen LogP contribution in [0.1, 0.15) is 56.6 Å². The van der Waals surface area contributed by atoms with Gasteiger partial charge >= 0.3 is 0 Å². The van der Waals surface area contributed by atoms with E-state index >= 15 is 0 Å². The zero-order chi connectivity index (χ0) is 18.0. The minimum Gasteiger partial charge on any atom is -0.346 e. The quantitative estimate of drug-likeness (QED) is 0.595. The van der Waals surface area contributed by atoms with Crippen LogP contribution in [0.4, 0.5) is 0 Å². The summed E-state index contributed by atoms with van der Waals surface area (Å²) in [6.45, 7) is 11.9. The number of aromatic nitrogens is 3. The van der Waals surface area contributed by atoms with E-state index in [4.69, 9.17) is 9.97 Å². The molecule has 25 heavy (non-hydrogen) atoms. The van der Waals surface area contributed by atoms with Crippen molar-refractivity contribution in [3.8, 4) is 11.3 Å². The third kappa shape index (κ3) is 3.20. The molecule has 3 aromatic rings. The lowest BCUT2D eigenvalue weighted by atomic mass is 9.98. The molecule has 0 saturated heterocycles. The summed E-state index contributed by atoms with van der Waals surface area (Å²) < 4.78 is 2.31. The molecular weight excluding hydrogens is 306 g/mol. The van der Waals surface area contributed by atoms with Gasteiger partial charge in [-0.2, -0.15) is 0 Å². The number of hydrogen-bond donors (Lipinski definition) is 0. The summed E-state index contributed by atoms with van der Waals surface area (Å²) in [7, 11) is 0. The van der Waals surface area contributed by atoms with E-state index in [9.17, 15) is 0 Å². The summed E-state index contributed by atoms with van der Waals surface area (Å²) in [5, 5.41) is 0. The van der Waals surface area contributed by atoms with E-state index < -0.39 is 0 Å². The molecule has 0 spiro atoms. The Labute approximate surface area is 151 Å². The van der Waals surface area contributed by atoms with Gasteiger partial charge in [0.05, 0.1) is 16.7 Å². The van der Waals surface area contributed by atoms with Crippen molar-refractivity contribution in [3.05, 3.63) is 46.9 Å². The third-order valence-electron chi connectivity index (χ3n) is 4.96. The van der Waals surface area contributed by atoms with Gasteiger partial charge in [0.15, 0.2) is 0 Å². The van der Waals surface area contributed by atoms with Crippen molar-refractivity contribution < 1.29 is 0 Å². The average molecular weight is 335 g/mol. The fraction of sp³-hybridized carbons (Fsp3) is 0.455. The Hall–Kier alpha value is -2.16. The second-order valence-corrected chi connectivity index (χ2v) is 6.72. The first-order valence-corrected chi connectivity index (χ1v) is 9.61. The molecule has 0 N–H and O–H groups in total. The van der Waals surface area contributed by atoms with Gasteiger partial charge in [0.2, 0.25) is 0 Å². The Morgan fingerprint density at radius 2 is 1.80 bits per heavy atom. The van der Waals surface area contributed by atoms with Crippen LogP contribution in [-0.2, 0) is 25.8 Å². The van der Waals surface area contributed by atoms with E-state index in [0.29, 0.717) is 0 Å². The van der Waals surface area contributed by atoms with Crippen LogP contribution in [-0.4, -0.2) is 14.5 Å². The average Bonchev–Trinajstić information content (AvgIpc) is 2.96. The summed E-state index contributed by atoms with van der Waals surface area (Å²) >= 11 is 0. The fourth-order valence-corrected chi connectivity index (χ4v) is 3.60. The van der Waals surface area contributed by atoms with Gasteiger partial charge in [-0.3, -0.25) is 4.98 Å². The summed E-state index contributed by atoms with van der Waals surface area (Å²) in [6.07, 6.45) is 6.29. The molecule has 3 nitrogen and oxygen atoms in total. The molecule has 0 aliphatic heterocycles. The van der Waals surface area contributed by atoms with Gasteiger partial charge in [-0.25, -0.2) is 4.98 Å². The van der Waals surface area contributed by atoms with Crippen LogP contribution in [0.15, 0.2) is 24.4 Å². The molecular formula is C22H29N3. The second-order valence-electron chi connectivity index (χ2n) is 6.72. The Bertz CT molecular complexity index is 890. The number of fused-ring (bicyclic) bond motifs is 1. The highest BCUT2D eigenvalue weighted by molar-refractivity contribution is 5.84. The van der Waals surface area contributed by atoms with E-state index in [1.807, 2.05) is 0 Å². The van der Waals surface area contributed by atoms with Crippen LogP contribution in [0.2, 0.25) is 0 Å². The Morgan fingerprint density at radius 1 is 1.00 bits per heavy atom. The number of rotatable bonds is 6. The maximum atomic E-state index is 5.14. The lowest BCUT2D eigenvalue weighted by Crippen LogP contribution is -2.02. The van der Waals surface area contributed by atoms with E-state index in [-0.39, 0.29) is 0 Å². The van der Waals surface area contributed by atoms with Gasteiger partial charge in [-0.15, -0.1) is 0 Å². The molecule has 3 heterocycles. The van der Waals surface area contributed by atoms with E-state index in [1.165, 1.54) is 22.2 Å². The van der Waals surface area contributed by atoms with E-state index in [2.05, 4.69) is 63.6 Å². The summed E-state index contributed by atoms with van der Waals surface area (Å²) in [6, 6.07) is 6.73. The van der Waals surface area contributed by atoms with Gasteiger partial charge in [0.25, 0.3) is 0 Å². The minimum absolute atomic E-state index is 0.934. The van der Waals surface area contributed by atoms with Crippen LogP contribution in [0.5, 0.6) is 0 Å². The molecule has 0 fully saturated rings. The van der Waals surface area contributed by atoms with Gasteiger partial charge in [0.1, 0.15) is 0 Å². The molecule has 0 aromatic carbocycles. The van der Waals surface area contributed by atoms with Crippen molar-refractivity contribution in [3.63, 3.8) is 0 Å². The Morgan fingerprint density at radius 3 is 2.44 bits per heavy atom. The molecule has 132 valence electrons. The van der Waals surface area contributed by atoms with Gasteiger partial charge in [-0.1, -0.05) is 27.2 Å². The zero-order valence-electron chi connectivity index (χ0n) is 16.2. The van der Waals surface area contributed by atoms with Crippen LogP contribution in [0.25, 0.3) is 22.3 Å². The molecule has 0 aliphatic carbocycles. The first-order valence-electron chi connectivity index (χ1n) is 9.61. The SMILES string of the molecule is CCCc1cc2c(nc1-c1ccc(CC)nc1CC)c(C)cn2CC. The highest BCUT2D eigenvalue weighted by Gasteiger charge is 2.16. The predicted molar refractivity (Wildman–Crippen MR) is 106 cm³/mol. The van der Waals surface area contributed by atoms with Gasteiger partial charge in [-0.05, 0) is 62.4 Å². The molecule has 0 atom stereocenters. The number of pyridine rings is 2. The summed E-state index contributed by atoms with van der Waals surface area (Å²) in [4.78, 5) is 10.0. The molecule has 0 amide bonds. The molecule has 0 radical (unpaired) electrons. The molecule has 0 bridgehead atoms. The van der Waals surface area contributed by atoms with Crippen molar-refractivity contribution >= 4 is 11.0 Å². The van der Waals surface area contributed by atoms with Crippen molar-refractivity contribution in [2.75, 3.05) is 0 Å². The number of hydrogen-bond acceptors (Lipinski definition) is 2. The van der Waals surface area contributed by atoms with Crippen molar-refractivity contribution in [1.29, 1.82) is 0 Å². The fourth-order valence-electron chi connectivity index (χ4n) is 3.60. The molecule has 3 heteroatoms. The van der Waals surface area contributed by atoms with Crippen molar-refractivity contribution in [1.82, 2.24) is 14.5 Å². The zero-order valence-corrected chi connectivity index (χ0v) is 16.2. The summed E-state index contributed by atoms with van der Waals surface area (Å²) in [5.74, 6) is 0. The lowest BCUT2D eigenvalue weighted by Gasteiger charge is -2.14. The topological polar surface area (TPSA) is 30.7 Å². The third-order valence-corrected chi connectivity index (χ3v) is 4.96. The standard InChI is InChI=1S/C22H29N3/c1-6-10-16-13-20-21(15(5)14-25(20)9-4)24-22(16)18-12-11-17(7-2)23-19(18)8-3/h11-14H,6-10H2,1-5H3. The maximum Gasteiger partial charge on any atom is 0.0917 e. The van der Waals surface area contributed by atoms with Crippen LogP contribution in [0.3, 0.4) is 0 Å². The van der Waals surface area contributed by atoms with Crippen molar-refractivity contribution in [2.45, 2.75) is 66.8 Å². The minimum atomic E-state index is 0.934. The first kappa shape index (κ1) is 17.7.